The lowest BCUT2D eigenvalue weighted by atomic mass is 9.75. The summed E-state index contributed by atoms with van der Waals surface area (Å²) in [6, 6.07) is 0. The van der Waals surface area contributed by atoms with E-state index < -0.39 is 0 Å². The van der Waals surface area contributed by atoms with Crippen molar-refractivity contribution in [3.8, 4) is 0 Å². The van der Waals surface area contributed by atoms with Crippen molar-refractivity contribution in [2.24, 2.45) is 11.3 Å². The summed E-state index contributed by atoms with van der Waals surface area (Å²) in [4.78, 5) is 11.9. The third-order valence-electron chi connectivity index (χ3n) is 3.77. The van der Waals surface area contributed by atoms with Gasteiger partial charge in [-0.1, -0.05) is 18.1 Å². The van der Waals surface area contributed by atoms with Crippen LogP contribution in [0.3, 0.4) is 0 Å². The van der Waals surface area contributed by atoms with Crippen LogP contribution in [0.2, 0.25) is 0 Å². The van der Waals surface area contributed by atoms with Crippen LogP contribution in [0.1, 0.15) is 46.0 Å². The van der Waals surface area contributed by atoms with E-state index in [1.54, 1.807) is 0 Å². The molecule has 0 aromatic heterocycles. The molecule has 13 heavy (non-hydrogen) atoms. The Kier molecular flexibility index (Phi) is 2.05. The highest BCUT2D eigenvalue weighted by molar-refractivity contribution is 5.87. The van der Waals surface area contributed by atoms with Crippen LogP contribution < -0.4 is 0 Å². The summed E-state index contributed by atoms with van der Waals surface area (Å²) < 4.78 is 0. The monoisotopic (exact) mass is 178 g/mol. The van der Waals surface area contributed by atoms with Crippen LogP contribution in [0.4, 0.5) is 0 Å². The lowest BCUT2D eigenvalue weighted by molar-refractivity contribution is -0.126. The van der Waals surface area contributed by atoms with Crippen LogP contribution >= 0.6 is 0 Å². The molecule has 1 nitrogen and oxygen atoms in total. The minimum absolute atomic E-state index is 0.0966. The number of rotatable bonds is 0. The number of carbonyl (C=O) groups excluding carboxylic acids is 1. The zero-order valence-corrected chi connectivity index (χ0v) is 8.60. The van der Waals surface area contributed by atoms with Crippen LogP contribution in [-0.2, 0) is 4.79 Å². The molecule has 1 heteroatoms. The van der Waals surface area contributed by atoms with E-state index in [0.29, 0.717) is 11.7 Å². The summed E-state index contributed by atoms with van der Waals surface area (Å²) in [5.74, 6) is 1.09. The summed E-state index contributed by atoms with van der Waals surface area (Å²) in [7, 11) is 0. The molecule has 0 amide bonds. The zero-order valence-electron chi connectivity index (χ0n) is 8.60. The van der Waals surface area contributed by atoms with Gasteiger partial charge >= 0.3 is 0 Å². The molecular weight excluding hydrogens is 160 g/mol. The van der Waals surface area contributed by atoms with Crippen molar-refractivity contribution in [1.29, 1.82) is 0 Å². The van der Waals surface area contributed by atoms with E-state index in [-0.39, 0.29) is 5.41 Å². The molecule has 2 unspecified atom stereocenters. The van der Waals surface area contributed by atoms with Crippen molar-refractivity contribution in [3.63, 3.8) is 0 Å². The molecule has 0 saturated heterocycles. The predicted molar refractivity (Wildman–Crippen MR) is 53.4 cm³/mol. The van der Waals surface area contributed by atoms with Crippen molar-refractivity contribution in [2.75, 3.05) is 0 Å². The molecule has 72 valence electrons. The Balaban J connectivity index is 2.32. The summed E-state index contributed by atoms with van der Waals surface area (Å²) in [5.41, 5.74) is 1.32. The number of allylic oxidation sites excluding steroid dienone is 2. The fraction of sp³-hybridized carbons (Fsp3) is 0.750. The third kappa shape index (κ3) is 1.34. The maximum absolute atomic E-state index is 11.9. The molecule has 1 saturated carbocycles. The standard InChI is InChI=1S/C12H18O/c1-9-7-10-5-3-4-6-11(13)12(10,2)8-9/h8,10H,3-7H2,1-2H3. The highest BCUT2D eigenvalue weighted by Gasteiger charge is 2.43. The third-order valence-corrected chi connectivity index (χ3v) is 3.77. The molecule has 1 fully saturated rings. The fourth-order valence-electron chi connectivity index (χ4n) is 2.95. The molecule has 2 aliphatic carbocycles. The van der Waals surface area contributed by atoms with Crippen molar-refractivity contribution in [2.45, 2.75) is 46.0 Å². The van der Waals surface area contributed by atoms with Crippen molar-refractivity contribution >= 4 is 5.78 Å². The second-order valence-electron chi connectivity index (χ2n) is 4.84. The number of hydrogen-bond acceptors (Lipinski definition) is 1. The van der Waals surface area contributed by atoms with Gasteiger partial charge in [0.15, 0.2) is 0 Å². The van der Waals surface area contributed by atoms with Gasteiger partial charge in [0.05, 0.1) is 0 Å². The van der Waals surface area contributed by atoms with Gasteiger partial charge < -0.3 is 0 Å². The summed E-state index contributed by atoms with van der Waals surface area (Å²) in [6.45, 7) is 4.30. The first kappa shape index (κ1) is 8.98. The van der Waals surface area contributed by atoms with Crippen LogP contribution in [0, 0.1) is 11.3 Å². The minimum atomic E-state index is -0.0966. The lowest BCUT2D eigenvalue weighted by Crippen LogP contribution is -2.29. The molecule has 0 aromatic rings. The first-order valence-corrected chi connectivity index (χ1v) is 5.34. The van der Waals surface area contributed by atoms with E-state index in [1.807, 2.05) is 0 Å². The predicted octanol–water partition coefficient (Wildman–Crippen LogP) is 3.10. The number of Topliss-reactive ketones (excluding diaryl/α,β-unsaturated/α-hetero) is 1. The van der Waals surface area contributed by atoms with Crippen molar-refractivity contribution in [1.82, 2.24) is 0 Å². The van der Waals surface area contributed by atoms with Gasteiger partial charge in [-0.3, -0.25) is 4.79 Å². The lowest BCUT2D eigenvalue weighted by Gasteiger charge is -2.26. The van der Waals surface area contributed by atoms with Crippen LogP contribution in [0.25, 0.3) is 0 Å². The van der Waals surface area contributed by atoms with E-state index >= 15 is 0 Å². The van der Waals surface area contributed by atoms with E-state index in [9.17, 15) is 4.79 Å². The molecule has 0 N–H and O–H groups in total. The molecule has 2 rings (SSSR count). The highest BCUT2D eigenvalue weighted by Crippen LogP contribution is 2.47. The van der Waals surface area contributed by atoms with Crippen molar-refractivity contribution < 1.29 is 4.79 Å². The van der Waals surface area contributed by atoms with Crippen LogP contribution in [-0.4, -0.2) is 5.78 Å². The molecule has 0 aromatic carbocycles. The zero-order chi connectivity index (χ0) is 9.47. The maximum Gasteiger partial charge on any atom is 0.142 e. The van der Waals surface area contributed by atoms with Gasteiger partial charge in [0.2, 0.25) is 0 Å². The minimum Gasteiger partial charge on any atom is -0.299 e. The Morgan fingerprint density at radius 1 is 1.46 bits per heavy atom. The fourth-order valence-corrected chi connectivity index (χ4v) is 2.95. The topological polar surface area (TPSA) is 17.1 Å². The average Bonchev–Trinajstić information content (AvgIpc) is 2.29. The molecule has 0 aliphatic heterocycles. The van der Waals surface area contributed by atoms with Gasteiger partial charge in [-0.25, -0.2) is 0 Å². The average molecular weight is 178 g/mol. The van der Waals surface area contributed by atoms with Gasteiger partial charge in [0, 0.05) is 11.8 Å². The summed E-state index contributed by atoms with van der Waals surface area (Å²) in [5, 5.41) is 0. The Bertz CT molecular complexity index is 264. The molecule has 2 aliphatic rings. The number of fused-ring (bicyclic) bond motifs is 1. The van der Waals surface area contributed by atoms with Crippen LogP contribution in [0.15, 0.2) is 11.6 Å². The van der Waals surface area contributed by atoms with Gasteiger partial charge in [-0.15, -0.1) is 0 Å². The first-order chi connectivity index (χ1) is 6.13. The van der Waals surface area contributed by atoms with E-state index in [1.165, 1.54) is 18.4 Å². The largest absolute Gasteiger partial charge is 0.299 e. The molecule has 0 heterocycles. The number of ketones is 1. The Morgan fingerprint density at radius 2 is 2.23 bits per heavy atom. The van der Waals surface area contributed by atoms with E-state index in [0.717, 1.165) is 19.3 Å². The van der Waals surface area contributed by atoms with Gasteiger partial charge in [-0.05, 0) is 39.0 Å². The second kappa shape index (κ2) is 2.97. The SMILES string of the molecule is CC1=CC2(C)C(=O)CCCCC2C1. The van der Waals surface area contributed by atoms with E-state index in [4.69, 9.17) is 0 Å². The van der Waals surface area contributed by atoms with E-state index in [2.05, 4.69) is 19.9 Å². The molecule has 0 bridgehead atoms. The Morgan fingerprint density at radius 3 is 3.00 bits per heavy atom. The number of hydrogen-bond donors (Lipinski definition) is 0. The molecule has 2 atom stereocenters. The molecule has 0 radical (unpaired) electrons. The van der Waals surface area contributed by atoms with Crippen molar-refractivity contribution in [3.05, 3.63) is 11.6 Å². The smallest absolute Gasteiger partial charge is 0.142 e. The normalized spacial score (nSPS) is 39.7. The highest BCUT2D eigenvalue weighted by atomic mass is 16.1. The quantitative estimate of drug-likeness (QED) is 0.521. The maximum atomic E-state index is 11.9. The molecule has 0 spiro atoms. The number of carbonyl (C=O) groups is 1. The Hall–Kier alpha value is -0.590. The Labute approximate surface area is 80.2 Å². The van der Waals surface area contributed by atoms with Gasteiger partial charge in [0.1, 0.15) is 5.78 Å². The molecular formula is C12H18O. The summed E-state index contributed by atoms with van der Waals surface area (Å²) in [6.07, 6.45) is 7.78. The van der Waals surface area contributed by atoms with Gasteiger partial charge in [-0.2, -0.15) is 0 Å². The first-order valence-electron chi connectivity index (χ1n) is 5.34. The summed E-state index contributed by atoms with van der Waals surface area (Å²) >= 11 is 0. The second-order valence-corrected chi connectivity index (χ2v) is 4.84. The van der Waals surface area contributed by atoms with Crippen LogP contribution in [0.5, 0.6) is 0 Å². The van der Waals surface area contributed by atoms with Gasteiger partial charge in [0.25, 0.3) is 0 Å².